The number of hydrogen-bond acceptors (Lipinski definition) is 14. The molecule has 6 rings (SSSR count). The van der Waals surface area contributed by atoms with Crippen molar-refractivity contribution in [1.29, 1.82) is 0 Å². The first-order valence-corrected chi connectivity index (χ1v) is 44.8. The molecule has 0 aliphatic rings. The minimum absolute atomic E-state index is 0. The Bertz CT molecular complexity index is 3700. The third kappa shape index (κ3) is 51.6. The molecule has 6 heterocycles. The van der Waals surface area contributed by atoms with Gasteiger partial charge in [0.25, 0.3) is 5.97 Å². The molecule has 0 unspecified atom stereocenters. The number of carbonyl (C=O) groups excluding carboxylic acids is 2. The molecule has 15 nitrogen and oxygen atoms in total. The second-order valence-corrected chi connectivity index (χ2v) is 41.1. The standard InChI is InChI=1S/C13H18F3NO.C10H10F3NO.C8H7BrF3NO.C8H5BrF3NO.C8H6F3NO.C6H3BrF3N.C4H11N.C4H7O.3C4H9.C2H4O2.3CH4.Sn/c1-12(2,3)7-6-10(18)11-9(13(14,15)16)5-4-8-17-11;1-3-15-7(2)9-8(10(11,12)13)5-4-6-14-9;2*9-4-6(14)7-5(8(10,11)12)2-1-3-13-7;1-5(13)7-6(8(9,10)11)3-2-4-12-7;7-5-4(6(8,9)10)2-1-3-11-5;1-4(2,3)5;1-3-5-4-2;3*1-3-4-2;1-2(3)4;;;;/h4-5,8,10,18H,6-7H2,1-3H3;4-6H,2-3H2,1H3;1-3,6,14H,4H2;1-3H,4H2;2-4H,1H3;1-3H;5H2,1-3H3;1,4H2,2H3;3*1,3-4H2,2H3;1H3,(H,3,4);3*1H4;/t10-;;6-;;;;;;;;;;;;;/m0.0............./s1. The van der Waals surface area contributed by atoms with Crippen LogP contribution in [-0.4, -0.2) is 111 Å². The molecule has 5 N–H and O–H groups in total. The summed E-state index contributed by atoms with van der Waals surface area (Å²) >= 11 is 6.15. The van der Waals surface area contributed by atoms with Crippen LogP contribution in [0.25, 0.3) is 5.76 Å². The molecule has 0 fully saturated rings. The number of carboxylic acid groups (broad SMARTS) is 1. The number of carboxylic acids is 1. The van der Waals surface area contributed by atoms with Gasteiger partial charge in [-0.3, -0.25) is 39.3 Å². The largest absolute Gasteiger partial charge is 0.481 e. The number of pyridine rings is 6. The van der Waals surface area contributed by atoms with Gasteiger partial charge in [-0.15, -0.1) is 0 Å². The van der Waals surface area contributed by atoms with Crippen molar-refractivity contribution in [2.45, 2.75) is 232 Å². The zero-order valence-corrected chi connectivity index (χ0v) is 71.8. The third-order valence-electron chi connectivity index (χ3n) is 13.9. The van der Waals surface area contributed by atoms with Crippen LogP contribution in [0.2, 0.25) is 13.3 Å². The van der Waals surface area contributed by atoms with E-state index in [-0.39, 0.29) is 84.4 Å². The van der Waals surface area contributed by atoms with E-state index in [1.165, 1.54) is 105 Å². The number of alkyl halides is 20. The number of Topliss-reactive ketones (excluding diaryl/α,β-unsaturated/α-hetero) is 2. The molecule has 6 aromatic rings. The number of hydrogen-bond donors (Lipinski definition) is 4. The van der Waals surface area contributed by atoms with Gasteiger partial charge in [-0.1, -0.05) is 81.5 Å². The number of unbranched alkanes of at least 4 members (excludes halogenated alkanes) is 3. The summed E-state index contributed by atoms with van der Waals surface area (Å²) in [7, 11) is 0. The van der Waals surface area contributed by atoms with Crippen LogP contribution in [0.1, 0.15) is 247 Å². The summed E-state index contributed by atoms with van der Waals surface area (Å²) in [5, 5.41) is 26.4. The predicted molar refractivity (Wildman–Crippen MR) is 427 cm³/mol. The van der Waals surface area contributed by atoms with Crippen molar-refractivity contribution in [3.63, 3.8) is 0 Å². The van der Waals surface area contributed by atoms with Crippen LogP contribution in [0, 0.1) is 5.41 Å². The van der Waals surface area contributed by atoms with E-state index in [1.807, 2.05) is 41.5 Å². The number of ketones is 2. The number of nitrogens with zero attached hydrogens (tertiary/aromatic N) is 6. The molecular weight excluding hydrogens is 1860 g/mol. The molecule has 0 radical (unpaired) electrons. The zero-order valence-electron chi connectivity index (χ0n) is 64.1. The minimum atomic E-state index is -4.54. The molecule has 0 bridgehead atoms. The van der Waals surface area contributed by atoms with Crippen LogP contribution in [0.5, 0.6) is 0 Å². The van der Waals surface area contributed by atoms with E-state index in [2.05, 4.69) is 119 Å². The third-order valence-corrected chi connectivity index (χ3v) is 30.6. The van der Waals surface area contributed by atoms with Gasteiger partial charge in [0.05, 0.1) is 62.8 Å². The fraction of sp³-hybridized carbons (Fsp3) is 0.526. The van der Waals surface area contributed by atoms with Crippen molar-refractivity contribution >= 4 is 89.5 Å². The smallest absolute Gasteiger partial charge is 0.419 e. The van der Waals surface area contributed by atoms with E-state index >= 15 is 0 Å². The molecule has 656 valence electrons. The first-order chi connectivity index (χ1) is 51.3. The van der Waals surface area contributed by atoms with Crippen molar-refractivity contribution in [2.24, 2.45) is 11.1 Å². The molecule has 0 aromatic carbocycles. The molecule has 6 aromatic heterocycles. The zero-order chi connectivity index (χ0) is 87.5. The monoisotopic (exact) mass is 1970 g/mol. The maximum Gasteiger partial charge on any atom is 0.419 e. The van der Waals surface area contributed by atoms with E-state index < -0.39 is 130 Å². The molecule has 0 spiro atoms. The molecule has 0 amide bonds. The number of nitrogens with two attached hydrogens (primary N) is 1. The van der Waals surface area contributed by atoms with E-state index in [4.69, 9.17) is 25.1 Å². The van der Waals surface area contributed by atoms with Gasteiger partial charge >= 0.3 is 157 Å². The molecule has 0 aliphatic heterocycles. The summed E-state index contributed by atoms with van der Waals surface area (Å²) in [4.78, 5) is 51.9. The minimum Gasteiger partial charge on any atom is -0.481 e. The Hall–Kier alpha value is -6.35. The van der Waals surface area contributed by atoms with Gasteiger partial charge in [-0.2, -0.15) is 79.0 Å². The number of ether oxygens (including phenoxy) is 2. The normalized spacial score (nSPS) is 11.8. The van der Waals surface area contributed by atoms with Gasteiger partial charge in [0.15, 0.2) is 11.6 Å². The van der Waals surface area contributed by atoms with Crippen molar-refractivity contribution in [3.8, 4) is 0 Å². The maximum absolute atomic E-state index is 12.7. The van der Waals surface area contributed by atoms with Gasteiger partial charge in [-0.25, -0.2) is 4.98 Å². The summed E-state index contributed by atoms with van der Waals surface area (Å²) in [6.07, 6.45) is -12.8. The fourth-order valence-electron chi connectivity index (χ4n) is 8.82. The predicted octanol–water partition coefficient (Wildman–Crippen LogP) is 26.1. The van der Waals surface area contributed by atoms with E-state index in [9.17, 15) is 98.8 Å². The Kier molecular flexibility index (Phi) is 60.0. The van der Waals surface area contributed by atoms with Crippen LogP contribution in [0.3, 0.4) is 0 Å². The Morgan fingerprint density at radius 3 is 1.04 bits per heavy atom. The van der Waals surface area contributed by atoms with Gasteiger partial charge in [0, 0.05) is 61.9 Å². The number of aliphatic hydroxyl groups excluding tert-OH is 2. The molecular formula is C78H110Br3F18N7O8Sn. The summed E-state index contributed by atoms with van der Waals surface area (Å²) < 4.78 is 239. The van der Waals surface area contributed by atoms with Gasteiger partial charge in [0.1, 0.15) is 33.5 Å². The van der Waals surface area contributed by atoms with E-state index in [1.54, 1.807) is 6.92 Å². The Labute approximate surface area is 693 Å². The second-order valence-electron chi connectivity index (χ2n) is 26.0. The van der Waals surface area contributed by atoms with Crippen molar-refractivity contribution in [2.75, 3.05) is 23.9 Å². The second kappa shape index (κ2) is 57.7. The van der Waals surface area contributed by atoms with Gasteiger partial charge in [-0.05, 0) is 135 Å². The molecule has 2 atom stereocenters. The van der Waals surface area contributed by atoms with Crippen LogP contribution >= 0.6 is 47.8 Å². The van der Waals surface area contributed by atoms with Crippen LogP contribution in [-0.2, 0) is 51.3 Å². The fourth-order valence-corrected chi connectivity index (χ4v) is 24.5. The molecule has 0 aliphatic carbocycles. The number of aliphatic hydroxyl groups is 2. The Morgan fingerprint density at radius 1 is 0.478 bits per heavy atom. The van der Waals surface area contributed by atoms with Crippen LogP contribution in [0.4, 0.5) is 79.0 Å². The van der Waals surface area contributed by atoms with Crippen molar-refractivity contribution in [3.05, 3.63) is 193 Å². The summed E-state index contributed by atoms with van der Waals surface area (Å²) in [5.41, 5.74) is -1.96. The number of aliphatic carboxylic acids is 1. The number of rotatable bonds is 23. The maximum atomic E-state index is 12.7. The SMILES string of the molecule is C.C.C.C=C(OCC)c1ncccc1C(F)(F)F.C=[C](OCC)[Sn]([CH2]CCC)([CH2]CCC)[CH2]CCC.CC(=O)O.CC(=O)c1ncccc1C(F)(F)F.CC(C)(C)CC[C@H](O)c1ncccc1C(F)(F)F.CC(C)(C)N.FC(F)(F)c1cccnc1Br.O=C(CBr)c1ncccc1C(F)(F)F.O[C@@H](CBr)c1ncccc1C(F)(F)F. The van der Waals surface area contributed by atoms with Crippen LogP contribution in [0.15, 0.2) is 132 Å². The summed E-state index contributed by atoms with van der Waals surface area (Å²) in [5.74, 6) is -2.27. The average molecular weight is 1970 g/mol. The van der Waals surface area contributed by atoms with Gasteiger partial charge < -0.3 is 25.8 Å². The molecule has 37 heteroatoms. The van der Waals surface area contributed by atoms with Gasteiger partial charge in [0.2, 0.25) is 0 Å². The summed E-state index contributed by atoms with van der Waals surface area (Å²) in [6.45, 7) is 33.5. The Morgan fingerprint density at radius 2 is 0.765 bits per heavy atom. The first kappa shape index (κ1) is 119. The Balaban J connectivity index is -0.000000296. The molecule has 0 saturated carbocycles. The van der Waals surface area contributed by atoms with E-state index in [0.29, 0.717) is 6.42 Å². The van der Waals surface area contributed by atoms with Crippen molar-refractivity contribution < 1.29 is 118 Å². The van der Waals surface area contributed by atoms with Crippen molar-refractivity contribution in [1.82, 2.24) is 29.9 Å². The molecule has 115 heavy (non-hydrogen) atoms. The first-order valence-electron chi connectivity index (χ1n) is 34.3. The average Bonchev–Trinajstić information content (AvgIpc) is 0.772. The van der Waals surface area contributed by atoms with E-state index in [0.717, 1.165) is 81.4 Å². The number of halogens is 21. The number of carbonyl (C=O) groups is 3. The topological polar surface area (TPSA) is 234 Å². The number of aromatic nitrogens is 6. The van der Waals surface area contributed by atoms with Crippen LogP contribution < -0.4 is 5.73 Å². The summed E-state index contributed by atoms with van der Waals surface area (Å²) in [6, 6.07) is 12.6. The molecule has 0 saturated heterocycles. The quantitative estimate of drug-likeness (QED) is 0.0117.